The molecule has 1 saturated carbocycles. The van der Waals surface area contributed by atoms with Gasteiger partial charge < -0.3 is 24.2 Å². The number of nitrogens with one attached hydrogen (secondary N) is 2. The first-order chi connectivity index (χ1) is 22.5. The summed E-state index contributed by atoms with van der Waals surface area (Å²) in [5.74, 6) is -0.460. The van der Waals surface area contributed by atoms with Crippen molar-refractivity contribution in [1.29, 1.82) is 0 Å². The lowest BCUT2D eigenvalue weighted by atomic mass is 10.00. The monoisotopic (exact) mass is 666 g/mol. The molecule has 1 aliphatic carbocycles. The Morgan fingerprint density at radius 1 is 1.02 bits per heavy atom. The number of ether oxygens (including phenoxy) is 2. The van der Waals surface area contributed by atoms with Crippen LogP contribution in [0.15, 0.2) is 94.6 Å². The Balaban J connectivity index is 1.30. The van der Waals surface area contributed by atoms with E-state index in [4.69, 9.17) is 24.3 Å². The molecule has 1 aromatic heterocycles. The van der Waals surface area contributed by atoms with Crippen molar-refractivity contribution in [2.75, 3.05) is 6.61 Å². The lowest BCUT2D eigenvalue weighted by Gasteiger charge is -2.34. The van der Waals surface area contributed by atoms with E-state index in [0.717, 1.165) is 27.8 Å². The maximum Gasteiger partial charge on any atom is 0.459 e. The van der Waals surface area contributed by atoms with Crippen LogP contribution >= 0.6 is 7.75 Å². The molecule has 0 amide bonds. The van der Waals surface area contributed by atoms with Crippen LogP contribution in [-0.2, 0) is 30.0 Å². The van der Waals surface area contributed by atoms with Crippen LogP contribution in [0, 0.1) is 0 Å². The molecule has 6 N–H and O–H groups in total. The highest BCUT2D eigenvalue weighted by atomic mass is 31.2. The quantitative estimate of drug-likeness (QED) is 0.116. The Labute approximate surface area is 268 Å². The van der Waals surface area contributed by atoms with Gasteiger partial charge >= 0.3 is 19.4 Å². The average Bonchev–Trinajstić information content (AvgIpc) is 3.63. The van der Waals surface area contributed by atoms with Crippen molar-refractivity contribution < 1.29 is 38.1 Å². The summed E-state index contributed by atoms with van der Waals surface area (Å²) >= 11 is 0. The molecule has 5 atom stereocenters. The second-order valence-corrected chi connectivity index (χ2v) is 13.4. The molecule has 0 bridgehead atoms. The number of carbonyl (C=O) groups is 1. The van der Waals surface area contributed by atoms with Crippen LogP contribution in [0.4, 0.5) is 0 Å². The molecule has 2 aliphatic rings. The summed E-state index contributed by atoms with van der Waals surface area (Å²) in [6.07, 6.45) is -2.22. The minimum atomic E-state index is -4.58. The van der Waals surface area contributed by atoms with E-state index in [1.54, 1.807) is 24.3 Å². The SMILES string of the molecule is N[C@]1(COP(=O)(NC2(C(=O)OCc3ccccc3)CCCC2)Oc2cccc3ccccc23)O[C@@H](n2ccc(=O)[nH]c2=O)[C@H](O)[C@@H]1O. The Hall–Kier alpha value is -4.14. The lowest BCUT2D eigenvalue weighted by molar-refractivity contribution is -0.152. The molecular formula is C32H35N4O10P. The molecule has 3 aromatic carbocycles. The van der Waals surface area contributed by atoms with Gasteiger partial charge in [0.25, 0.3) is 5.56 Å². The van der Waals surface area contributed by atoms with Gasteiger partial charge in [-0.1, -0.05) is 79.6 Å². The van der Waals surface area contributed by atoms with Crippen molar-refractivity contribution in [3.8, 4) is 5.75 Å². The van der Waals surface area contributed by atoms with E-state index in [1.807, 2.05) is 53.5 Å². The third kappa shape index (κ3) is 6.81. The number of carbonyl (C=O) groups excluding carboxylic acids is 1. The molecule has 15 heteroatoms. The summed E-state index contributed by atoms with van der Waals surface area (Å²) in [7, 11) is -4.58. The number of aliphatic hydroxyl groups is 2. The van der Waals surface area contributed by atoms with Gasteiger partial charge in [-0.05, 0) is 29.9 Å². The molecule has 47 heavy (non-hydrogen) atoms. The molecule has 1 unspecified atom stereocenters. The summed E-state index contributed by atoms with van der Waals surface area (Å²) < 4.78 is 39.0. The zero-order valence-electron chi connectivity index (χ0n) is 25.2. The van der Waals surface area contributed by atoms with E-state index in [9.17, 15) is 29.2 Å². The standard InChI is InChI=1S/C32H35N4O10P/c33-32(27(39)26(38)28(45-32)36-18-15-25(37)34-30(36)41)20-44-47(42,46-24-14-8-12-22-11-4-5-13-23(22)24)35-31(16-6-7-17-31)29(40)43-19-21-9-2-1-3-10-21/h1-5,8-15,18,26-28,38-39H,6-7,16-17,19-20,33H2,(H,35,42)(H,34,37,41)/t26-,27+,28-,32-,47?/m1/s1. The highest BCUT2D eigenvalue weighted by Crippen LogP contribution is 2.51. The van der Waals surface area contributed by atoms with E-state index >= 15 is 0 Å². The second kappa shape index (κ2) is 13.2. The maximum absolute atomic E-state index is 14.8. The first-order valence-corrected chi connectivity index (χ1v) is 16.6. The van der Waals surface area contributed by atoms with Gasteiger partial charge in [-0.15, -0.1) is 0 Å². The molecule has 248 valence electrons. The van der Waals surface area contributed by atoms with Crippen LogP contribution < -0.4 is 26.6 Å². The van der Waals surface area contributed by atoms with Crippen molar-refractivity contribution in [3.05, 3.63) is 111 Å². The normalized spacial score (nSPS) is 25.0. The van der Waals surface area contributed by atoms with Gasteiger partial charge in [-0.25, -0.2) is 9.36 Å². The predicted octanol–water partition coefficient (Wildman–Crippen LogP) is 2.44. The third-order valence-corrected chi connectivity index (χ3v) is 10.0. The molecule has 2 heterocycles. The topological polar surface area (TPSA) is 204 Å². The molecule has 1 saturated heterocycles. The summed E-state index contributed by atoms with van der Waals surface area (Å²) in [6.45, 7) is -0.822. The number of nitrogens with zero attached hydrogens (tertiary/aromatic N) is 1. The van der Waals surface area contributed by atoms with Gasteiger partial charge in [0, 0.05) is 17.6 Å². The number of nitrogens with two attached hydrogens (primary N) is 1. The van der Waals surface area contributed by atoms with Crippen molar-refractivity contribution in [1.82, 2.24) is 14.6 Å². The number of aliphatic hydroxyl groups excluding tert-OH is 2. The van der Waals surface area contributed by atoms with Crippen LogP contribution in [0.2, 0.25) is 0 Å². The lowest BCUT2D eigenvalue weighted by Crippen LogP contribution is -2.55. The highest BCUT2D eigenvalue weighted by molar-refractivity contribution is 7.52. The number of hydrogen-bond acceptors (Lipinski definition) is 11. The minimum absolute atomic E-state index is 0.00617. The predicted molar refractivity (Wildman–Crippen MR) is 169 cm³/mol. The number of esters is 1. The van der Waals surface area contributed by atoms with Crippen LogP contribution in [0.3, 0.4) is 0 Å². The molecule has 2 fully saturated rings. The van der Waals surface area contributed by atoms with Crippen molar-refractivity contribution in [2.45, 2.75) is 62.0 Å². The Morgan fingerprint density at radius 2 is 1.72 bits per heavy atom. The Kier molecular flexibility index (Phi) is 9.18. The number of aromatic nitrogens is 2. The van der Waals surface area contributed by atoms with Gasteiger partial charge in [0.05, 0.1) is 0 Å². The van der Waals surface area contributed by atoms with Crippen LogP contribution in [0.5, 0.6) is 5.75 Å². The molecule has 1 aliphatic heterocycles. The zero-order chi connectivity index (χ0) is 33.2. The van der Waals surface area contributed by atoms with Crippen molar-refractivity contribution in [3.63, 3.8) is 0 Å². The van der Waals surface area contributed by atoms with Gasteiger partial charge in [0.1, 0.15) is 36.7 Å². The van der Waals surface area contributed by atoms with E-state index < -0.39 is 61.3 Å². The summed E-state index contributed by atoms with van der Waals surface area (Å²) in [4.78, 5) is 39.7. The number of hydrogen-bond donors (Lipinski definition) is 5. The second-order valence-electron chi connectivity index (χ2n) is 11.7. The van der Waals surface area contributed by atoms with E-state index in [1.165, 1.54) is 0 Å². The Bertz CT molecular complexity index is 1910. The van der Waals surface area contributed by atoms with Gasteiger partial charge in [-0.2, -0.15) is 5.09 Å². The average molecular weight is 667 g/mol. The largest absolute Gasteiger partial charge is 0.459 e. The van der Waals surface area contributed by atoms with Crippen LogP contribution in [0.1, 0.15) is 37.5 Å². The fraction of sp³-hybridized carbons (Fsp3) is 0.344. The Morgan fingerprint density at radius 3 is 2.47 bits per heavy atom. The number of aromatic amines is 1. The molecule has 14 nitrogen and oxygen atoms in total. The highest BCUT2D eigenvalue weighted by Gasteiger charge is 2.55. The van der Waals surface area contributed by atoms with Gasteiger partial charge in [-0.3, -0.25) is 29.4 Å². The molecule has 0 radical (unpaired) electrons. The van der Waals surface area contributed by atoms with Crippen LogP contribution in [0.25, 0.3) is 10.8 Å². The summed E-state index contributed by atoms with van der Waals surface area (Å²) in [5.41, 5.74) is 1.88. The maximum atomic E-state index is 14.8. The molecule has 4 aromatic rings. The van der Waals surface area contributed by atoms with Crippen molar-refractivity contribution >= 4 is 24.5 Å². The smallest absolute Gasteiger partial charge is 0.459 e. The van der Waals surface area contributed by atoms with E-state index in [2.05, 4.69) is 5.09 Å². The van der Waals surface area contributed by atoms with Gasteiger partial charge in [0.15, 0.2) is 12.0 Å². The minimum Gasteiger partial charge on any atom is -0.459 e. The summed E-state index contributed by atoms with van der Waals surface area (Å²) in [5, 5.41) is 26.0. The number of fused-ring (bicyclic) bond motifs is 1. The van der Waals surface area contributed by atoms with E-state index in [-0.39, 0.29) is 25.2 Å². The number of H-pyrrole nitrogens is 1. The van der Waals surface area contributed by atoms with Gasteiger partial charge in [0.2, 0.25) is 0 Å². The van der Waals surface area contributed by atoms with Crippen LogP contribution in [-0.4, -0.2) is 55.8 Å². The zero-order valence-corrected chi connectivity index (χ0v) is 26.1. The summed E-state index contributed by atoms with van der Waals surface area (Å²) in [6, 6.07) is 22.5. The molecular weight excluding hydrogens is 631 g/mol. The fourth-order valence-electron chi connectivity index (χ4n) is 5.91. The first kappa shape index (κ1) is 32.8. The third-order valence-electron chi connectivity index (χ3n) is 8.42. The molecule has 6 rings (SSSR count). The number of rotatable bonds is 11. The molecule has 0 spiro atoms. The first-order valence-electron chi connectivity index (χ1n) is 15.1. The fourth-order valence-corrected chi connectivity index (χ4v) is 7.71. The number of benzene rings is 3. The van der Waals surface area contributed by atoms with E-state index in [0.29, 0.717) is 18.2 Å². The van der Waals surface area contributed by atoms with Crippen molar-refractivity contribution in [2.24, 2.45) is 5.73 Å².